The zero-order valence-corrected chi connectivity index (χ0v) is 19.0. The van der Waals surface area contributed by atoms with Crippen LogP contribution in [0.3, 0.4) is 0 Å². The highest BCUT2D eigenvalue weighted by molar-refractivity contribution is 14.0. The summed E-state index contributed by atoms with van der Waals surface area (Å²) < 4.78 is 5.25. The van der Waals surface area contributed by atoms with Crippen LogP contribution < -0.4 is 11.1 Å². The van der Waals surface area contributed by atoms with E-state index in [1.54, 1.807) is 7.11 Å². The molecule has 0 saturated carbocycles. The van der Waals surface area contributed by atoms with Gasteiger partial charge in [-0.2, -0.15) is 0 Å². The monoisotopic (exact) mass is 501 g/mol. The molecule has 0 aliphatic heterocycles. The van der Waals surface area contributed by atoms with Gasteiger partial charge in [0.05, 0.1) is 6.61 Å². The van der Waals surface area contributed by atoms with E-state index in [2.05, 4.69) is 58.8 Å². The van der Waals surface area contributed by atoms with Gasteiger partial charge in [0, 0.05) is 30.8 Å². The number of anilines is 1. The minimum absolute atomic E-state index is 0. The molecule has 152 valence electrons. The van der Waals surface area contributed by atoms with Crippen molar-refractivity contribution in [1.82, 2.24) is 0 Å². The van der Waals surface area contributed by atoms with E-state index in [1.807, 2.05) is 36.4 Å². The lowest BCUT2D eigenvalue weighted by Crippen LogP contribution is -2.24. The van der Waals surface area contributed by atoms with Gasteiger partial charge in [-0.05, 0) is 23.6 Å². The number of para-hydroxylation sites is 1. The Bertz CT molecular complexity index is 885. The third-order valence-electron chi connectivity index (χ3n) is 4.66. The highest BCUT2D eigenvalue weighted by Crippen LogP contribution is 2.22. The Hall–Kier alpha value is -2.38. The van der Waals surface area contributed by atoms with Crippen LogP contribution in [0.5, 0.6) is 0 Å². The third kappa shape index (κ3) is 7.18. The number of guanidine groups is 1. The van der Waals surface area contributed by atoms with Crippen LogP contribution in [-0.4, -0.2) is 19.6 Å². The molecule has 0 fully saturated rings. The number of halogens is 1. The molecule has 0 bridgehead atoms. The van der Waals surface area contributed by atoms with Gasteiger partial charge in [0.25, 0.3) is 0 Å². The fourth-order valence-electron chi connectivity index (χ4n) is 3.22. The van der Waals surface area contributed by atoms with Gasteiger partial charge in [0.15, 0.2) is 5.96 Å². The fourth-order valence-corrected chi connectivity index (χ4v) is 3.22. The van der Waals surface area contributed by atoms with Gasteiger partial charge >= 0.3 is 0 Å². The summed E-state index contributed by atoms with van der Waals surface area (Å²) in [7, 11) is 1.68. The van der Waals surface area contributed by atoms with E-state index >= 15 is 0 Å². The van der Waals surface area contributed by atoms with Crippen molar-refractivity contribution in [3.8, 4) is 0 Å². The van der Waals surface area contributed by atoms with Crippen molar-refractivity contribution in [2.75, 3.05) is 19.0 Å². The predicted molar refractivity (Wildman–Crippen MR) is 132 cm³/mol. The molecule has 0 saturated heterocycles. The lowest BCUT2D eigenvalue weighted by Gasteiger charge is -2.17. The van der Waals surface area contributed by atoms with E-state index in [0.717, 1.165) is 17.7 Å². The van der Waals surface area contributed by atoms with Crippen LogP contribution in [0.25, 0.3) is 0 Å². The summed E-state index contributed by atoms with van der Waals surface area (Å²) in [6, 6.07) is 28.9. The Labute approximate surface area is 190 Å². The number of nitrogens with one attached hydrogen (secondary N) is 1. The van der Waals surface area contributed by atoms with E-state index in [1.165, 1.54) is 11.1 Å². The molecule has 1 atom stereocenters. The molecule has 0 aliphatic carbocycles. The molecule has 3 N–H and O–H groups in total. The van der Waals surface area contributed by atoms with E-state index in [9.17, 15) is 0 Å². The predicted octanol–water partition coefficient (Wildman–Crippen LogP) is 5.20. The molecule has 29 heavy (non-hydrogen) atoms. The highest BCUT2D eigenvalue weighted by atomic mass is 127. The quantitative estimate of drug-likeness (QED) is 0.253. The van der Waals surface area contributed by atoms with E-state index in [0.29, 0.717) is 19.1 Å². The maximum absolute atomic E-state index is 6.19. The first-order valence-electron chi connectivity index (χ1n) is 9.49. The lowest BCUT2D eigenvalue weighted by molar-refractivity contribution is 0.185. The second-order valence-corrected chi connectivity index (χ2v) is 6.74. The van der Waals surface area contributed by atoms with E-state index in [4.69, 9.17) is 10.5 Å². The molecule has 3 aromatic rings. The van der Waals surface area contributed by atoms with E-state index in [-0.39, 0.29) is 29.9 Å². The minimum Gasteiger partial charge on any atom is -0.380 e. The van der Waals surface area contributed by atoms with Crippen molar-refractivity contribution in [3.63, 3.8) is 0 Å². The van der Waals surface area contributed by atoms with Crippen molar-refractivity contribution < 1.29 is 4.74 Å². The number of aliphatic imine (C=N–C) groups is 1. The van der Waals surface area contributed by atoms with Crippen molar-refractivity contribution in [2.45, 2.75) is 18.9 Å². The Kier molecular flexibility index (Phi) is 9.67. The Morgan fingerprint density at radius 2 is 1.55 bits per heavy atom. The second kappa shape index (κ2) is 12.2. The van der Waals surface area contributed by atoms with Crippen LogP contribution in [0.15, 0.2) is 89.9 Å². The number of benzene rings is 3. The molecule has 3 aromatic carbocycles. The van der Waals surface area contributed by atoms with Crippen LogP contribution in [0.1, 0.15) is 22.6 Å². The molecule has 0 spiro atoms. The summed E-state index contributed by atoms with van der Waals surface area (Å²) in [5, 5.41) is 3.21. The summed E-state index contributed by atoms with van der Waals surface area (Å²) in [5.41, 5.74) is 10.7. The summed E-state index contributed by atoms with van der Waals surface area (Å²) >= 11 is 0. The van der Waals surface area contributed by atoms with Gasteiger partial charge in [-0.15, -0.1) is 24.0 Å². The number of hydrogen-bond donors (Lipinski definition) is 2. The molecule has 0 aliphatic rings. The molecule has 0 heterocycles. The average Bonchev–Trinajstić information content (AvgIpc) is 2.74. The molecular weight excluding hydrogens is 473 g/mol. The number of nitrogens with zero attached hydrogens (tertiary/aromatic N) is 1. The number of methoxy groups -OCH3 is 1. The van der Waals surface area contributed by atoms with Crippen molar-refractivity contribution in [3.05, 3.63) is 102 Å². The maximum atomic E-state index is 6.19. The van der Waals surface area contributed by atoms with Crippen molar-refractivity contribution in [1.29, 1.82) is 0 Å². The minimum atomic E-state index is 0. The van der Waals surface area contributed by atoms with Crippen molar-refractivity contribution in [2.24, 2.45) is 10.7 Å². The summed E-state index contributed by atoms with van der Waals surface area (Å²) in [6.07, 6.45) is 0.919. The van der Waals surface area contributed by atoms with Gasteiger partial charge in [-0.25, -0.2) is 0 Å². The Morgan fingerprint density at radius 3 is 2.24 bits per heavy atom. The van der Waals surface area contributed by atoms with Crippen LogP contribution >= 0.6 is 24.0 Å². The molecule has 5 heteroatoms. The van der Waals surface area contributed by atoms with E-state index < -0.39 is 0 Å². The second-order valence-electron chi connectivity index (χ2n) is 6.74. The number of rotatable bonds is 8. The molecule has 4 nitrogen and oxygen atoms in total. The lowest BCUT2D eigenvalue weighted by atomic mass is 9.92. The van der Waals surface area contributed by atoms with Crippen LogP contribution in [0, 0.1) is 0 Å². The Morgan fingerprint density at radius 1 is 0.931 bits per heavy atom. The maximum Gasteiger partial charge on any atom is 0.193 e. The molecule has 0 amide bonds. The SMILES string of the molecule is COCc1ccccc1NC(N)=NCC(Cc1ccccc1)c1ccccc1.I. The first-order chi connectivity index (χ1) is 13.8. The largest absolute Gasteiger partial charge is 0.380 e. The fraction of sp³-hybridized carbons (Fsp3) is 0.208. The van der Waals surface area contributed by atoms with Gasteiger partial charge in [0.2, 0.25) is 0 Å². The first kappa shape index (κ1) is 22.9. The first-order valence-corrected chi connectivity index (χ1v) is 9.49. The number of nitrogens with two attached hydrogens (primary N) is 1. The molecule has 1 unspecified atom stereocenters. The van der Waals surface area contributed by atoms with Gasteiger partial charge in [0.1, 0.15) is 0 Å². The summed E-state index contributed by atoms with van der Waals surface area (Å²) in [6.45, 7) is 1.14. The standard InChI is InChI=1S/C24H27N3O.HI/c1-28-18-21-14-8-9-15-23(21)27-24(25)26-17-22(20-12-6-3-7-13-20)16-19-10-4-2-5-11-19;/h2-15,22H,16-18H2,1H3,(H3,25,26,27);1H. The Balaban J connectivity index is 0.00000300. The third-order valence-corrected chi connectivity index (χ3v) is 4.66. The van der Waals surface area contributed by atoms with Gasteiger partial charge in [-0.1, -0.05) is 78.9 Å². The van der Waals surface area contributed by atoms with Crippen LogP contribution in [0.4, 0.5) is 5.69 Å². The topological polar surface area (TPSA) is 59.6 Å². The van der Waals surface area contributed by atoms with Crippen molar-refractivity contribution >= 4 is 35.6 Å². The average molecular weight is 501 g/mol. The molecule has 0 radical (unpaired) electrons. The normalized spacial score (nSPS) is 12.1. The molecule has 3 rings (SSSR count). The number of hydrogen-bond acceptors (Lipinski definition) is 2. The van der Waals surface area contributed by atoms with Crippen LogP contribution in [-0.2, 0) is 17.8 Å². The summed E-state index contributed by atoms with van der Waals surface area (Å²) in [4.78, 5) is 4.64. The number of ether oxygens (including phenoxy) is 1. The molecule has 0 aromatic heterocycles. The van der Waals surface area contributed by atoms with Crippen LogP contribution in [0.2, 0.25) is 0 Å². The summed E-state index contributed by atoms with van der Waals surface area (Å²) in [5.74, 6) is 0.677. The highest BCUT2D eigenvalue weighted by Gasteiger charge is 2.12. The van der Waals surface area contributed by atoms with Gasteiger partial charge in [-0.3, -0.25) is 4.99 Å². The zero-order valence-electron chi connectivity index (χ0n) is 16.6. The zero-order chi connectivity index (χ0) is 19.6. The smallest absolute Gasteiger partial charge is 0.193 e. The van der Waals surface area contributed by atoms with Gasteiger partial charge < -0.3 is 15.8 Å². The molecular formula is C24H28IN3O.